The number of aromatic nitrogens is 1. The maximum atomic E-state index is 13.5. The number of carboxylic acids is 1. The predicted octanol–water partition coefficient (Wildman–Crippen LogP) is -0.0525. The van der Waals surface area contributed by atoms with Crippen LogP contribution in [0, 0.1) is 0 Å². The first-order valence-corrected chi connectivity index (χ1v) is 18.0. The summed E-state index contributed by atoms with van der Waals surface area (Å²) in [6.45, 7) is 4.95. The number of aliphatic carboxylic acids is 1. The van der Waals surface area contributed by atoms with Gasteiger partial charge in [0.25, 0.3) is 17.4 Å². The number of methoxy groups -OCH3 is 1. The number of nitrogen functional groups attached to an aromatic ring is 1. The number of ether oxygens (including phenoxy) is 2. The molecule has 0 radical (unpaired) electrons. The molecule has 1 fully saturated rings. The van der Waals surface area contributed by atoms with Crippen LogP contribution in [0.2, 0.25) is 0 Å². The SMILES string of the molecule is COCC1N=C(c2ccc3c(c2)CC[C@H]([C@](C)(O/N=C(\C(=O)N[C@@H]2C(=O)N(OS(=O)(=O)O)C2(C)C)c2csc(N)n2)C(=O)O)O3)N(C)C1CCN. The fraction of sp³-hybridized carbons (Fsp3) is 0.533. The van der Waals surface area contributed by atoms with Gasteiger partial charge in [0, 0.05) is 25.1 Å². The van der Waals surface area contributed by atoms with Crippen molar-refractivity contribution < 1.29 is 51.1 Å². The van der Waals surface area contributed by atoms with E-state index < -0.39 is 57.2 Å². The number of likely N-dealkylation sites (N-methyl/N-ethyl adjacent to an activating group) is 1. The fourth-order valence-corrected chi connectivity index (χ4v) is 7.22. The van der Waals surface area contributed by atoms with Crippen molar-refractivity contribution in [2.75, 3.05) is 33.0 Å². The van der Waals surface area contributed by atoms with Gasteiger partial charge in [-0.05, 0) is 70.3 Å². The Morgan fingerprint density at radius 1 is 1.31 bits per heavy atom. The van der Waals surface area contributed by atoms with Gasteiger partial charge in [0.15, 0.2) is 16.9 Å². The van der Waals surface area contributed by atoms with Crippen LogP contribution in [-0.4, -0.2) is 125 Å². The molecule has 5 rings (SSSR count). The molecule has 2 unspecified atom stereocenters. The molecule has 3 aliphatic rings. The van der Waals surface area contributed by atoms with Gasteiger partial charge in [-0.15, -0.1) is 15.6 Å². The number of benzene rings is 1. The summed E-state index contributed by atoms with van der Waals surface area (Å²) in [4.78, 5) is 55.5. The third-order valence-electron chi connectivity index (χ3n) is 9.09. The van der Waals surface area contributed by atoms with Crippen molar-refractivity contribution in [1.82, 2.24) is 20.3 Å². The highest BCUT2D eigenvalue weighted by atomic mass is 32.3. The highest BCUT2D eigenvalue weighted by molar-refractivity contribution is 7.80. The van der Waals surface area contributed by atoms with E-state index in [9.17, 15) is 27.9 Å². The summed E-state index contributed by atoms with van der Waals surface area (Å²) in [7, 11) is -1.44. The van der Waals surface area contributed by atoms with Gasteiger partial charge in [-0.2, -0.15) is 13.5 Å². The smallest absolute Gasteiger partial charge is 0.418 e. The third-order valence-corrected chi connectivity index (χ3v) is 10.1. The van der Waals surface area contributed by atoms with Gasteiger partial charge in [-0.3, -0.25) is 19.1 Å². The molecule has 19 nitrogen and oxygen atoms in total. The van der Waals surface area contributed by atoms with Crippen molar-refractivity contribution >= 4 is 56.2 Å². The molecule has 0 saturated carbocycles. The lowest BCUT2D eigenvalue weighted by Crippen LogP contribution is -2.76. The summed E-state index contributed by atoms with van der Waals surface area (Å²) in [6, 6.07) is 4.19. The molecule has 0 aliphatic carbocycles. The summed E-state index contributed by atoms with van der Waals surface area (Å²) in [5.41, 5.74) is 9.17. The normalized spacial score (nSPS) is 24.2. The van der Waals surface area contributed by atoms with Crippen LogP contribution in [0.1, 0.15) is 50.4 Å². The Morgan fingerprint density at radius 2 is 2.04 bits per heavy atom. The number of carbonyl (C=O) groups is 3. The standard InChI is InChI=1S/C30H40N8O11S2/c1-29(2)23(26(40)38(29)49-51(43,44)45)35-25(39)22(18-14-50-28(32)34-18)36-48-30(3,27(41)42)21-9-7-15-12-16(6-8-20(15)47-21)24-33-17(13-46-5)19(10-11-31)37(24)4/h6,8,12,14,17,19,21,23H,7,9-11,13,31H2,1-5H3,(H2,32,34)(H,35,39)(H,41,42)(H,43,44,45)/b36-22-/t17?,19?,21-,23-,30+/m1/s1. The minimum atomic E-state index is -5.03. The van der Waals surface area contributed by atoms with Gasteiger partial charge < -0.3 is 41.1 Å². The first-order valence-electron chi connectivity index (χ1n) is 15.7. The van der Waals surface area contributed by atoms with E-state index in [1.54, 1.807) is 13.2 Å². The number of rotatable bonds is 14. The second-order valence-electron chi connectivity index (χ2n) is 12.9. The number of nitrogens with two attached hydrogens (primary N) is 2. The average molecular weight is 753 g/mol. The minimum absolute atomic E-state index is 0.0599. The molecule has 1 saturated heterocycles. The van der Waals surface area contributed by atoms with Crippen LogP contribution in [0.3, 0.4) is 0 Å². The van der Waals surface area contributed by atoms with E-state index in [-0.39, 0.29) is 29.3 Å². The van der Waals surface area contributed by atoms with Crippen molar-refractivity contribution in [3.63, 3.8) is 0 Å². The molecule has 5 atom stereocenters. The molecule has 4 heterocycles. The summed E-state index contributed by atoms with van der Waals surface area (Å²) in [6.07, 6.45) is 0.306. The second kappa shape index (κ2) is 14.3. The number of hydrogen-bond donors (Lipinski definition) is 5. The van der Waals surface area contributed by atoms with E-state index in [0.717, 1.165) is 34.7 Å². The van der Waals surface area contributed by atoms with Crippen LogP contribution in [0.25, 0.3) is 0 Å². The van der Waals surface area contributed by atoms with Gasteiger partial charge in [0.2, 0.25) is 0 Å². The van der Waals surface area contributed by atoms with E-state index >= 15 is 0 Å². The van der Waals surface area contributed by atoms with E-state index in [4.69, 9.17) is 35.3 Å². The molecule has 1 aromatic carbocycles. The van der Waals surface area contributed by atoms with Crippen molar-refractivity contribution in [3.8, 4) is 5.75 Å². The lowest BCUT2D eigenvalue weighted by molar-refractivity contribution is -0.218. The van der Waals surface area contributed by atoms with Gasteiger partial charge in [0.05, 0.1) is 24.2 Å². The van der Waals surface area contributed by atoms with E-state index in [1.807, 2.05) is 19.2 Å². The van der Waals surface area contributed by atoms with E-state index in [0.29, 0.717) is 30.4 Å². The van der Waals surface area contributed by atoms with Crippen molar-refractivity contribution in [2.24, 2.45) is 15.9 Å². The lowest BCUT2D eigenvalue weighted by atomic mass is 9.84. The van der Waals surface area contributed by atoms with Crippen LogP contribution < -0.4 is 21.5 Å². The number of amides is 2. The van der Waals surface area contributed by atoms with Crippen molar-refractivity contribution in [3.05, 3.63) is 40.4 Å². The zero-order valence-corrected chi connectivity index (χ0v) is 30.1. The Labute approximate surface area is 297 Å². The number of carboxylic acid groups (broad SMARTS) is 1. The van der Waals surface area contributed by atoms with E-state index in [2.05, 4.69) is 24.6 Å². The number of fused-ring (bicyclic) bond motifs is 1. The summed E-state index contributed by atoms with van der Waals surface area (Å²) in [5.74, 6) is -2.22. The monoisotopic (exact) mass is 752 g/mol. The van der Waals surface area contributed by atoms with Crippen LogP contribution in [0.4, 0.5) is 5.13 Å². The van der Waals surface area contributed by atoms with Gasteiger partial charge >= 0.3 is 16.4 Å². The number of nitrogens with zero attached hydrogens (tertiary/aromatic N) is 5. The summed E-state index contributed by atoms with van der Waals surface area (Å²) in [5, 5.41) is 18.5. The number of carbonyl (C=O) groups excluding carboxylic acids is 2. The number of β-lactam (4-membered cyclic amide) rings is 1. The van der Waals surface area contributed by atoms with Crippen molar-refractivity contribution in [2.45, 2.75) is 75.4 Å². The quantitative estimate of drug-likeness (QED) is 0.0733. The summed E-state index contributed by atoms with van der Waals surface area (Å²) >= 11 is 0.967. The average Bonchev–Trinajstić information content (AvgIpc) is 3.63. The molecule has 0 bridgehead atoms. The fourth-order valence-electron chi connectivity index (χ4n) is 6.22. The topological polar surface area (TPSA) is 271 Å². The number of nitrogens with one attached hydrogen (secondary N) is 1. The first-order chi connectivity index (χ1) is 23.9. The molecule has 0 spiro atoms. The van der Waals surface area contributed by atoms with Crippen molar-refractivity contribution in [1.29, 1.82) is 0 Å². The van der Waals surface area contributed by atoms with Crippen LogP contribution in [0.15, 0.2) is 33.7 Å². The van der Waals surface area contributed by atoms with Crippen LogP contribution in [0.5, 0.6) is 5.75 Å². The molecule has 21 heteroatoms. The number of hydroxylamine groups is 2. The Morgan fingerprint density at radius 3 is 2.63 bits per heavy atom. The van der Waals surface area contributed by atoms with Crippen LogP contribution >= 0.6 is 11.3 Å². The molecule has 2 aromatic rings. The Balaban J connectivity index is 1.36. The summed E-state index contributed by atoms with van der Waals surface area (Å²) < 4.78 is 47.3. The Bertz CT molecular complexity index is 1870. The largest absolute Gasteiger partial charge is 0.485 e. The van der Waals surface area contributed by atoms with Gasteiger partial charge in [0.1, 0.15) is 23.3 Å². The number of anilines is 1. The van der Waals surface area contributed by atoms with E-state index in [1.165, 1.54) is 26.2 Å². The van der Waals surface area contributed by atoms with Gasteiger partial charge in [-0.25, -0.2) is 9.78 Å². The molecule has 7 N–H and O–H groups in total. The van der Waals surface area contributed by atoms with Gasteiger partial charge in [-0.1, -0.05) is 5.16 Å². The number of amidine groups is 1. The molecule has 3 aliphatic heterocycles. The molecule has 2 amide bonds. The Hall–Kier alpha value is -4.41. The first kappa shape index (κ1) is 37.8. The molecular weight excluding hydrogens is 713 g/mol. The highest BCUT2D eigenvalue weighted by Crippen LogP contribution is 2.36. The molecule has 1 aromatic heterocycles. The number of thiazole rings is 1. The second-order valence-corrected chi connectivity index (χ2v) is 14.8. The number of aliphatic imine (C=N–C) groups is 1. The zero-order chi connectivity index (χ0) is 37.5. The molecule has 278 valence electrons. The number of hydrogen-bond acceptors (Lipinski definition) is 16. The lowest BCUT2D eigenvalue weighted by Gasteiger charge is -2.50. The highest BCUT2D eigenvalue weighted by Gasteiger charge is 2.58. The zero-order valence-electron chi connectivity index (χ0n) is 28.4. The predicted molar refractivity (Wildman–Crippen MR) is 182 cm³/mol. The van der Waals surface area contributed by atoms with Crippen LogP contribution in [-0.2, 0) is 45.1 Å². The minimum Gasteiger partial charge on any atom is -0.485 e. The Kier molecular flexibility index (Phi) is 10.6. The molecule has 51 heavy (non-hydrogen) atoms. The molecular formula is C30H40N8O11S2. The maximum absolute atomic E-state index is 13.5. The maximum Gasteiger partial charge on any atom is 0.418 e. The number of oxime groups is 1. The third kappa shape index (κ3) is 7.48. The number of aryl methyl sites for hydroxylation is 1.